The van der Waals surface area contributed by atoms with E-state index in [-0.39, 0.29) is 0 Å². The molecular formula is C49H29N3O. The third kappa shape index (κ3) is 4.80. The smallest absolute Gasteiger partial charge is 0.164 e. The van der Waals surface area contributed by atoms with Crippen LogP contribution in [0.25, 0.3) is 110 Å². The zero-order chi connectivity index (χ0) is 34.9. The van der Waals surface area contributed by atoms with E-state index in [4.69, 9.17) is 19.4 Å². The van der Waals surface area contributed by atoms with Crippen molar-refractivity contribution in [2.75, 3.05) is 0 Å². The van der Waals surface area contributed by atoms with Crippen molar-refractivity contribution in [3.05, 3.63) is 176 Å². The minimum absolute atomic E-state index is 0.634. The topological polar surface area (TPSA) is 51.8 Å². The second-order valence-corrected chi connectivity index (χ2v) is 13.6. The number of nitrogens with zero attached hydrogens (tertiary/aromatic N) is 3. The summed E-state index contributed by atoms with van der Waals surface area (Å²) in [5.41, 5.74) is 6.85. The Morgan fingerprint density at radius 3 is 1.79 bits per heavy atom. The minimum atomic E-state index is 0.634. The molecule has 11 rings (SSSR count). The molecule has 0 fully saturated rings. The van der Waals surface area contributed by atoms with Crippen molar-refractivity contribution >= 4 is 65.0 Å². The summed E-state index contributed by atoms with van der Waals surface area (Å²) in [7, 11) is 0. The van der Waals surface area contributed by atoms with Crippen molar-refractivity contribution in [3.8, 4) is 45.3 Å². The van der Waals surface area contributed by atoms with Crippen LogP contribution in [0.15, 0.2) is 180 Å². The largest absolute Gasteiger partial charge is 0.456 e. The van der Waals surface area contributed by atoms with Crippen molar-refractivity contribution in [2.24, 2.45) is 0 Å². The van der Waals surface area contributed by atoms with Crippen molar-refractivity contribution in [3.63, 3.8) is 0 Å². The first-order valence-corrected chi connectivity index (χ1v) is 17.9. The summed E-state index contributed by atoms with van der Waals surface area (Å²) in [5.74, 6) is 1.92. The lowest BCUT2D eigenvalue weighted by atomic mass is 9.91. The summed E-state index contributed by atoms with van der Waals surface area (Å²) in [6, 6.07) is 61.6. The molecular weight excluding hydrogens is 647 g/mol. The van der Waals surface area contributed by atoms with E-state index in [1.807, 2.05) is 30.3 Å². The molecule has 9 aromatic carbocycles. The van der Waals surface area contributed by atoms with E-state index in [0.29, 0.717) is 17.5 Å². The Morgan fingerprint density at radius 1 is 0.302 bits per heavy atom. The molecule has 0 saturated heterocycles. The van der Waals surface area contributed by atoms with E-state index < -0.39 is 0 Å². The highest BCUT2D eigenvalue weighted by atomic mass is 16.3. The number of hydrogen-bond acceptors (Lipinski definition) is 4. The number of rotatable bonds is 4. The fraction of sp³-hybridized carbons (Fsp3) is 0. The van der Waals surface area contributed by atoms with Gasteiger partial charge in [0.05, 0.1) is 0 Å². The van der Waals surface area contributed by atoms with Crippen molar-refractivity contribution in [1.29, 1.82) is 0 Å². The lowest BCUT2D eigenvalue weighted by Gasteiger charge is -2.14. The number of hydrogen-bond donors (Lipinski definition) is 0. The van der Waals surface area contributed by atoms with E-state index in [9.17, 15) is 0 Å². The van der Waals surface area contributed by atoms with Gasteiger partial charge in [0.2, 0.25) is 0 Å². The minimum Gasteiger partial charge on any atom is -0.456 e. The number of furan rings is 1. The Bertz CT molecular complexity index is 3240. The predicted octanol–water partition coefficient (Wildman–Crippen LogP) is 13.1. The van der Waals surface area contributed by atoms with Gasteiger partial charge in [-0.3, -0.25) is 0 Å². The van der Waals surface area contributed by atoms with Crippen LogP contribution < -0.4 is 0 Å². The first-order chi connectivity index (χ1) is 26.2. The van der Waals surface area contributed by atoms with Gasteiger partial charge in [-0.05, 0) is 84.5 Å². The molecule has 4 heteroatoms. The Morgan fingerprint density at radius 2 is 0.943 bits per heavy atom. The molecule has 2 aromatic heterocycles. The summed E-state index contributed by atoms with van der Waals surface area (Å²) in [4.78, 5) is 15.3. The Kier molecular flexibility index (Phi) is 6.52. The molecule has 0 aliphatic heterocycles. The molecule has 0 atom stereocenters. The zero-order valence-electron chi connectivity index (χ0n) is 28.5. The molecule has 0 saturated carbocycles. The molecule has 0 aliphatic rings. The van der Waals surface area contributed by atoms with Crippen LogP contribution in [0.5, 0.6) is 0 Å². The SMILES string of the molecule is c1ccc(-c2nc(-c3ccc4ccccc4c3)nc(-c3ccc(-c4cccc5oc6cc7ccc8ccccc8c7cc6c45)c4ccccc34)n2)cc1. The van der Waals surface area contributed by atoms with E-state index in [2.05, 4.69) is 146 Å². The van der Waals surface area contributed by atoms with Crippen molar-refractivity contribution in [1.82, 2.24) is 15.0 Å². The number of benzene rings is 9. The number of aromatic nitrogens is 3. The highest BCUT2D eigenvalue weighted by Gasteiger charge is 2.19. The third-order valence-electron chi connectivity index (χ3n) is 10.5. The lowest BCUT2D eigenvalue weighted by molar-refractivity contribution is 0.669. The van der Waals surface area contributed by atoms with Crippen molar-refractivity contribution < 1.29 is 4.42 Å². The van der Waals surface area contributed by atoms with Gasteiger partial charge in [-0.2, -0.15) is 0 Å². The summed E-state index contributed by atoms with van der Waals surface area (Å²) in [6.07, 6.45) is 0. The van der Waals surface area contributed by atoms with Gasteiger partial charge in [0.1, 0.15) is 11.2 Å². The molecule has 2 heterocycles. The van der Waals surface area contributed by atoms with Gasteiger partial charge in [-0.25, -0.2) is 15.0 Å². The van der Waals surface area contributed by atoms with Crippen LogP contribution in [0.4, 0.5) is 0 Å². The number of fused-ring (bicyclic) bond motifs is 8. The van der Waals surface area contributed by atoms with Crippen molar-refractivity contribution in [2.45, 2.75) is 0 Å². The van der Waals surface area contributed by atoms with Gasteiger partial charge in [0.25, 0.3) is 0 Å². The van der Waals surface area contributed by atoms with Gasteiger partial charge >= 0.3 is 0 Å². The van der Waals surface area contributed by atoms with Gasteiger partial charge in [0, 0.05) is 27.5 Å². The van der Waals surface area contributed by atoms with Crippen LogP contribution >= 0.6 is 0 Å². The summed E-state index contributed by atoms with van der Waals surface area (Å²) < 4.78 is 6.55. The van der Waals surface area contributed by atoms with Crippen LogP contribution in [0.1, 0.15) is 0 Å². The van der Waals surface area contributed by atoms with Gasteiger partial charge < -0.3 is 4.42 Å². The molecule has 0 spiro atoms. The summed E-state index contributed by atoms with van der Waals surface area (Å²) in [5, 5.41) is 11.6. The second-order valence-electron chi connectivity index (χ2n) is 13.6. The molecule has 53 heavy (non-hydrogen) atoms. The maximum absolute atomic E-state index is 6.55. The first-order valence-electron chi connectivity index (χ1n) is 17.9. The van der Waals surface area contributed by atoms with E-state index in [1.165, 1.54) is 26.9 Å². The fourth-order valence-corrected chi connectivity index (χ4v) is 7.95. The van der Waals surface area contributed by atoms with Crippen LogP contribution in [0, 0.1) is 0 Å². The molecule has 0 amide bonds. The highest BCUT2D eigenvalue weighted by molar-refractivity contribution is 6.21. The summed E-state index contributed by atoms with van der Waals surface area (Å²) >= 11 is 0. The molecule has 246 valence electrons. The standard InChI is InChI=1S/C49H29N3O/c1-2-13-32(14-3-1)47-50-48(35-24-21-30-11-4-5-15-33(30)27-35)52-49(51-47)41-26-25-39(37-17-8-9-18-38(37)41)40-19-10-20-44-46(40)43-29-42-34(28-45(43)53-44)23-22-31-12-6-7-16-36(31)42/h1-29H. The second kappa shape index (κ2) is 11.7. The van der Waals surface area contributed by atoms with E-state index in [0.717, 1.165) is 65.9 Å². The molecule has 0 radical (unpaired) electrons. The molecule has 4 nitrogen and oxygen atoms in total. The Labute approximate surface area is 304 Å². The van der Waals surface area contributed by atoms with Crippen LogP contribution in [-0.2, 0) is 0 Å². The maximum Gasteiger partial charge on any atom is 0.164 e. The third-order valence-corrected chi connectivity index (χ3v) is 10.5. The molecule has 0 aliphatic carbocycles. The quantitative estimate of drug-likeness (QED) is 0.174. The molecule has 0 unspecified atom stereocenters. The molecule has 0 N–H and O–H groups in total. The highest BCUT2D eigenvalue weighted by Crippen LogP contribution is 2.43. The first kappa shape index (κ1) is 29.5. The Hall–Kier alpha value is -7.17. The molecule has 11 aromatic rings. The van der Waals surface area contributed by atoms with E-state index in [1.54, 1.807) is 0 Å². The average molecular weight is 676 g/mol. The molecule has 0 bridgehead atoms. The maximum atomic E-state index is 6.55. The Balaban J connectivity index is 1.13. The average Bonchev–Trinajstić information content (AvgIpc) is 3.60. The monoisotopic (exact) mass is 675 g/mol. The van der Waals surface area contributed by atoms with Gasteiger partial charge in [-0.1, -0.05) is 146 Å². The van der Waals surface area contributed by atoms with Crippen LogP contribution in [0.2, 0.25) is 0 Å². The normalized spacial score (nSPS) is 11.8. The fourth-order valence-electron chi connectivity index (χ4n) is 7.95. The van der Waals surface area contributed by atoms with Crippen LogP contribution in [-0.4, -0.2) is 15.0 Å². The zero-order valence-corrected chi connectivity index (χ0v) is 28.5. The van der Waals surface area contributed by atoms with Gasteiger partial charge in [0.15, 0.2) is 17.5 Å². The van der Waals surface area contributed by atoms with Gasteiger partial charge in [-0.15, -0.1) is 0 Å². The van der Waals surface area contributed by atoms with E-state index >= 15 is 0 Å². The predicted molar refractivity (Wildman–Crippen MR) is 219 cm³/mol. The summed E-state index contributed by atoms with van der Waals surface area (Å²) in [6.45, 7) is 0. The lowest BCUT2D eigenvalue weighted by Crippen LogP contribution is -2.00. The van der Waals surface area contributed by atoms with Crippen LogP contribution in [0.3, 0.4) is 0 Å².